The van der Waals surface area contributed by atoms with Gasteiger partial charge in [-0.2, -0.15) is 0 Å². The van der Waals surface area contributed by atoms with Crippen molar-refractivity contribution in [3.05, 3.63) is 39.7 Å². The van der Waals surface area contributed by atoms with Crippen molar-refractivity contribution in [1.29, 1.82) is 0 Å². The van der Waals surface area contributed by atoms with E-state index < -0.39 is 0 Å². The number of rotatable bonds is 3. The fourth-order valence-electron chi connectivity index (χ4n) is 1.57. The Labute approximate surface area is 121 Å². The van der Waals surface area contributed by atoms with Crippen LogP contribution in [0.2, 0.25) is 0 Å². The Hall–Kier alpha value is -2.10. The second-order valence-corrected chi connectivity index (χ2v) is 5.12. The van der Waals surface area contributed by atoms with Crippen LogP contribution < -0.4 is 11.1 Å². The molecule has 0 aliphatic rings. The Morgan fingerprint density at radius 3 is 3.10 bits per heavy atom. The van der Waals surface area contributed by atoms with Gasteiger partial charge in [0.05, 0.1) is 23.2 Å². The Morgan fingerprint density at radius 2 is 2.45 bits per heavy atom. The Morgan fingerprint density at radius 1 is 1.65 bits per heavy atom. The van der Waals surface area contributed by atoms with Gasteiger partial charge in [-0.05, 0) is 19.9 Å². The number of oxazole rings is 1. The van der Waals surface area contributed by atoms with Crippen LogP contribution in [0.1, 0.15) is 39.9 Å². The van der Waals surface area contributed by atoms with Crippen LogP contribution in [-0.4, -0.2) is 17.4 Å². The van der Waals surface area contributed by atoms with Gasteiger partial charge in [0.25, 0.3) is 5.91 Å². The summed E-state index contributed by atoms with van der Waals surface area (Å²) in [7, 11) is 0. The molecule has 5 nitrogen and oxygen atoms in total. The van der Waals surface area contributed by atoms with E-state index in [0.717, 1.165) is 10.6 Å². The number of aryl methyl sites for hydroxylation is 1. The van der Waals surface area contributed by atoms with Crippen LogP contribution in [0, 0.1) is 18.8 Å². The average Bonchev–Trinajstić information content (AvgIpc) is 3.05. The van der Waals surface area contributed by atoms with Crippen LogP contribution >= 0.6 is 11.3 Å². The number of carbonyl (C=O) groups excluding carboxylic acids is 1. The predicted molar refractivity (Wildman–Crippen MR) is 77.4 cm³/mol. The molecule has 1 unspecified atom stereocenters. The summed E-state index contributed by atoms with van der Waals surface area (Å²) in [6, 6.07) is 1.46. The molecule has 2 aromatic rings. The monoisotopic (exact) mass is 289 g/mol. The molecule has 1 amide bonds. The molecule has 0 aliphatic carbocycles. The molecule has 1 atom stereocenters. The van der Waals surface area contributed by atoms with Crippen molar-refractivity contribution in [1.82, 2.24) is 10.3 Å². The first-order valence-corrected chi connectivity index (χ1v) is 6.98. The number of nitrogens with two attached hydrogens (primary N) is 1. The number of nitrogens with zero attached hydrogens (tertiary/aromatic N) is 1. The largest absolute Gasteiger partial charge is 0.444 e. The van der Waals surface area contributed by atoms with Gasteiger partial charge in [0.2, 0.25) is 5.89 Å². The molecule has 0 bridgehead atoms. The minimum Gasteiger partial charge on any atom is -0.444 e. The van der Waals surface area contributed by atoms with Gasteiger partial charge in [-0.3, -0.25) is 4.79 Å². The van der Waals surface area contributed by atoms with Crippen LogP contribution in [0.4, 0.5) is 0 Å². The molecule has 0 saturated carbocycles. The minimum absolute atomic E-state index is 0.176. The van der Waals surface area contributed by atoms with E-state index in [2.05, 4.69) is 22.1 Å². The molecule has 104 valence electrons. The van der Waals surface area contributed by atoms with Gasteiger partial charge >= 0.3 is 0 Å². The van der Waals surface area contributed by atoms with Crippen LogP contribution in [0.25, 0.3) is 0 Å². The predicted octanol–water partition coefficient (Wildman–Crippen LogP) is 1.85. The molecule has 0 aromatic carbocycles. The Balaban J connectivity index is 2.02. The summed E-state index contributed by atoms with van der Waals surface area (Å²) < 4.78 is 5.38. The van der Waals surface area contributed by atoms with Gasteiger partial charge in [-0.15, -0.1) is 11.3 Å². The normalized spacial score (nSPS) is 11.6. The molecule has 20 heavy (non-hydrogen) atoms. The summed E-state index contributed by atoms with van der Waals surface area (Å²) >= 11 is 1.42. The van der Waals surface area contributed by atoms with E-state index in [9.17, 15) is 4.79 Å². The Kier molecular flexibility index (Phi) is 4.56. The van der Waals surface area contributed by atoms with E-state index in [0.29, 0.717) is 18.0 Å². The summed E-state index contributed by atoms with van der Waals surface area (Å²) in [6.07, 6.45) is 1.63. The van der Waals surface area contributed by atoms with Crippen molar-refractivity contribution < 1.29 is 9.21 Å². The lowest BCUT2D eigenvalue weighted by molar-refractivity contribution is 0.0934. The molecular weight excluding hydrogens is 274 g/mol. The fourth-order valence-corrected chi connectivity index (χ4v) is 2.33. The highest BCUT2D eigenvalue weighted by molar-refractivity contribution is 7.10. The molecule has 3 N–H and O–H groups in total. The summed E-state index contributed by atoms with van der Waals surface area (Å²) in [5.41, 5.74) is 5.89. The van der Waals surface area contributed by atoms with Gasteiger partial charge in [0, 0.05) is 5.38 Å². The molecule has 6 heteroatoms. The lowest BCUT2D eigenvalue weighted by Crippen LogP contribution is -2.26. The first-order valence-electron chi connectivity index (χ1n) is 6.11. The third kappa shape index (κ3) is 3.47. The molecule has 0 saturated heterocycles. The number of aromatic nitrogens is 1. The van der Waals surface area contributed by atoms with E-state index in [4.69, 9.17) is 10.2 Å². The molecule has 0 spiro atoms. The zero-order valence-electron chi connectivity index (χ0n) is 11.3. The standard InChI is InChI=1S/C14H15N3O2S/c1-9-7-16-14(19-9)10(2)17-13(18)11-6-12(20-8-11)4-3-5-15/h6-8,10H,5,15H2,1-2H3,(H,17,18). The summed E-state index contributed by atoms with van der Waals surface area (Å²) in [5.74, 6) is 6.70. The maximum atomic E-state index is 12.1. The topological polar surface area (TPSA) is 81.2 Å². The van der Waals surface area contributed by atoms with Crippen LogP contribution in [0.15, 0.2) is 22.1 Å². The summed E-state index contributed by atoms with van der Waals surface area (Å²) in [5, 5.41) is 4.60. The lowest BCUT2D eigenvalue weighted by atomic mass is 10.2. The molecule has 0 aliphatic heterocycles. The number of hydrogen-bond donors (Lipinski definition) is 2. The van der Waals surface area contributed by atoms with Gasteiger partial charge in [0.15, 0.2) is 0 Å². The van der Waals surface area contributed by atoms with Crippen molar-refractivity contribution in [2.45, 2.75) is 19.9 Å². The highest BCUT2D eigenvalue weighted by Gasteiger charge is 2.16. The number of amides is 1. The average molecular weight is 289 g/mol. The third-order valence-corrected chi connectivity index (χ3v) is 3.38. The van der Waals surface area contributed by atoms with Crippen LogP contribution in [0.5, 0.6) is 0 Å². The minimum atomic E-state index is -0.283. The van der Waals surface area contributed by atoms with Gasteiger partial charge in [-0.1, -0.05) is 11.8 Å². The van der Waals surface area contributed by atoms with Crippen molar-refractivity contribution in [2.75, 3.05) is 6.54 Å². The van der Waals surface area contributed by atoms with Gasteiger partial charge < -0.3 is 15.5 Å². The zero-order valence-corrected chi connectivity index (χ0v) is 12.1. The molecule has 2 rings (SSSR count). The second kappa shape index (κ2) is 6.37. The molecule has 0 radical (unpaired) electrons. The maximum absolute atomic E-state index is 12.1. The molecule has 2 heterocycles. The Bertz CT molecular complexity index is 663. The van der Waals surface area contributed by atoms with Gasteiger partial charge in [0.1, 0.15) is 11.8 Å². The van der Waals surface area contributed by atoms with Crippen LogP contribution in [0.3, 0.4) is 0 Å². The van der Waals surface area contributed by atoms with E-state index >= 15 is 0 Å². The van der Waals surface area contributed by atoms with E-state index in [-0.39, 0.29) is 11.9 Å². The van der Waals surface area contributed by atoms with E-state index in [1.54, 1.807) is 17.6 Å². The van der Waals surface area contributed by atoms with Crippen LogP contribution in [-0.2, 0) is 0 Å². The van der Waals surface area contributed by atoms with E-state index in [1.807, 2.05) is 13.8 Å². The maximum Gasteiger partial charge on any atom is 0.252 e. The first kappa shape index (κ1) is 14.3. The zero-order chi connectivity index (χ0) is 14.5. The first-order chi connectivity index (χ1) is 9.60. The highest BCUT2D eigenvalue weighted by atomic mass is 32.1. The quantitative estimate of drug-likeness (QED) is 0.845. The van der Waals surface area contributed by atoms with Crippen molar-refractivity contribution in [3.8, 4) is 11.8 Å². The number of carbonyl (C=O) groups is 1. The molecule has 2 aromatic heterocycles. The van der Waals surface area contributed by atoms with E-state index in [1.165, 1.54) is 11.3 Å². The third-order valence-electron chi connectivity index (χ3n) is 2.53. The number of nitrogens with one attached hydrogen (secondary N) is 1. The van der Waals surface area contributed by atoms with Crippen molar-refractivity contribution >= 4 is 17.2 Å². The highest BCUT2D eigenvalue weighted by Crippen LogP contribution is 2.16. The number of thiophene rings is 1. The van der Waals surface area contributed by atoms with Crippen molar-refractivity contribution in [2.24, 2.45) is 5.73 Å². The van der Waals surface area contributed by atoms with Crippen molar-refractivity contribution in [3.63, 3.8) is 0 Å². The smallest absolute Gasteiger partial charge is 0.252 e. The summed E-state index contributed by atoms with van der Waals surface area (Å²) in [4.78, 5) is 17.0. The van der Waals surface area contributed by atoms with Gasteiger partial charge in [-0.25, -0.2) is 4.98 Å². The number of hydrogen-bond acceptors (Lipinski definition) is 5. The fraction of sp³-hybridized carbons (Fsp3) is 0.286. The molecule has 0 fully saturated rings. The summed E-state index contributed by atoms with van der Waals surface area (Å²) in [6.45, 7) is 3.94. The lowest BCUT2D eigenvalue weighted by Gasteiger charge is -2.09. The molecular formula is C14H15N3O2S. The SMILES string of the molecule is Cc1cnc(C(C)NC(=O)c2csc(C#CCN)c2)o1. The second-order valence-electron chi connectivity index (χ2n) is 4.21.